The van der Waals surface area contributed by atoms with Crippen LogP contribution in [0.2, 0.25) is 0 Å². The molecule has 2 aliphatic rings. The Kier molecular flexibility index (Phi) is 3.39. The highest BCUT2D eigenvalue weighted by molar-refractivity contribution is 5.44. The van der Waals surface area contributed by atoms with Gasteiger partial charge in [-0.1, -0.05) is 6.07 Å². The van der Waals surface area contributed by atoms with Crippen molar-refractivity contribution in [3.8, 4) is 11.5 Å². The minimum absolute atomic E-state index is 0.433. The molecule has 2 aliphatic heterocycles. The first-order valence-electron chi connectivity index (χ1n) is 6.69. The van der Waals surface area contributed by atoms with E-state index in [2.05, 4.69) is 29.3 Å². The van der Waals surface area contributed by atoms with Gasteiger partial charge in [0.1, 0.15) is 13.2 Å². The van der Waals surface area contributed by atoms with Crippen LogP contribution in [0.5, 0.6) is 11.5 Å². The normalized spacial score (nSPS) is 21.6. The van der Waals surface area contributed by atoms with Gasteiger partial charge in [-0.15, -0.1) is 0 Å². The Bertz CT molecular complexity index is 416. The fraction of sp³-hybridized carbons (Fsp3) is 0.571. The van der Waals surface area contributed by atoms with Crippen molar-refractivity contribution in [2.75, 3.05) is 39.4 Å². The van der Waals surface area contributed by atoms with Gasteiger partial charge >= 0.3 is 0 Å². The van der Waals surface area contributed by atoms with Gasteiger partial charge in [0, 0.05) is 32.2 Å². The number of nitrogens with one attached hydrogen (secondary N) is 1. The fourth-order valence-corrected chi connectivity index (χ4v) is 2.60. The van der Waals surface area contributed by atoms with Crippen molar-refractivity contribution in [1.82, 2.24) is 10.2 Å². The molecule has 0 amide bonds. The number of fused-ring (bicyclic) bond motifs is 1. The lowest BCUT2D eigenvalue weighted by molar-refractivity contribution is 0.168. The number of piperazine rings is 1. The van der Waals surface area contributed by atoms with E-state index in [9.17, 15) is 0 Å². The second-order valence-corrected chi connectivity index (χ2v) is 4.87. The average Bonchev–Trinajstić information content (AvgIpc) is 2.47. The minimum atomic E-state index is 0.433. The molecule has 3 rings (SSSR count). The lowest BCUT2D eigenvalue weighted by Gasteiger charge is -2.33. The van der Waals surface area contributed by atoms with Crippen LogP contribution in [0.1, 0.15) is 18.5 Å². The Labute approximate surface area is 108 Å². The predicted octanol–water partition coefficient (Wildman–Crippen LogP) is 1.42. The summed E-state index contributed by atoms with van der Waals surface area (Å²) in [4.78, 5) is 2.50. The van der Waals surface area contributed by atoms with Crippen LogP contribution in [0.15, 0.2) is 18.2 Å². The number of hydrogen-bond donors (Lipinski definition) is 1. The number of ether oxygens (including phenoxy) is 2. The van der Waals surface area contributed by atoms with E-state index in [0.717, 1.165) is 37.7 Å². The van der Waals surface area contributed by atoms with E-state index in [1.165, 1.54) is 5.56 Å². The summed E-state index contributed by atoms with van der Waals surface area (Å²) in [5.41, 5.74) is 1.31. The van der Waals surface area contributed by atoms with Gasteiger partial charge in [-0.05, 0) is 24.6 Å². The lowest BCUT2D eigenvalue weighted by atomic mass is 10.1. The molecule has 98 valence electrons. The largest absolute Gasteiger partial charge is 0.486 e. The van der Waals surface area contributed by atoms with Gasteiger partial charge in [0.15, 0.2) is 11.5 Å². The first kappa shape index (κ1) is 11.8. The predicted molar refractivity (Wildman–Crippen MR) is 70.3 cm³/mol. The van der Waals surface area contributed by atoms with Crippen molar-refractivity contribution >= 4 is 0 Å². The third-order valence-corrected chi connectivity index (χ3v) is 3.75. The molecule has 1 fully saturated rings. The van der Waals surface area contributed by atoms with Gasteiger partial charge in [-0.3, -0.25) is 4.90 Å². The van der Waals surface area contributed by atoms with Crippen molar-refractivity contribution in [3.05, 3.63) is 23.8 Å². The third kappa shape index (κ3) is 2.31. The van der Waals surface area contributed by atoms with E-state index in [1.807, 2.05) is 6.07 Å². The lowest BCUT2D eigenvalue weighted by Crippen LogP contribution is -2.44. The van der Waals surface area contributed by atoms with E-state index in [4.69, 9.17) is 9.47 Å². The van der Waals surface area contributed by atoms with Crippen molar-refractivity contribution in [2.45, 2.75) is 13.0 Å². The highest BCUT2D eigenvalue weighted by Crippen LogP contribution is 2.33. The van der Waals surface area contributed by atoms with Crippen LogP contribution < -0.4 is 14.8 Å². The Morgan fingerprint density at radius 2 is 1.83 bits per heavy atom. The summed E-state index contributed by atoms with van der Waals surface area (Å²) in [6.07, 6.45) is 0. The summed E-state index contributed by atoms with van der Waals surface area (Å²) in [6, 6.07) is 6.74. The fourth-order valence-electron chi connectivity index (χ4n) is 2.60. The molecule has 0 bridgehead atoms. The molecule has 1 N–H and O–H groups in total. The second kappa shape index (κ2) is 5.16. The molecular weight excluding hydrogens is 228 g/mol. The number of hydrogen-bond acceptors (Lipinski definition) is 4. The molecular formula is C14H20N2O2. The van der Waals surface area contributed by atoms with Crippen LogP contribution in [0.3, 0.4) is 0 Å². The average molecular weight is 248 g/mol. The van der Waals surface area contributed by atoms with Gasteiger partial charge in [0.2, 0.25) is 0 Å². The number of benzene rings is 1. The van der Waals surface area contributed by atoms with Gasteiger partial charge in [-0.2, -0.15) is 0 Å². The molecule has 0 aromatic heterocycles. The van der Waals surface area contributed by atoms with Crippen LogP contribution in [0.4, 0.5) is 0 Å². The number of nitrogens with zero attached hydrogens (tertiary/aromatic N) is 1. The van der Waals surface area contributed by atoms with Gasteiger partial charge in [0.25, 0.3) is 0 Å². The SMILES string of the molecule is C[C@H](c1ccc2c(c1)OCCO2)N1CCNCC1. The zero-order valence-electron chi connectivity index (χ0n) is 10.8. The van der Waals surface area contributed by atoms with E-state index < -0.39 is 0 Å². The molecule has 1 atom stereocenters. The van der Waals surface area contributed by atoms with Gasteiger partial charge in [0.05, 0.1) is 0 Å². The zero-order valence-corrected chi connectivity index (χ0v) is 10.8. The topological polar surface area (TPSA) is 33.7 Å². The molecule has 0 spiro atoms. The Balaban J connectivity index is 1.78. The first-order valence-corrected chi connectivity index (χ1v) is 6.69. The molecule has 18 heavy (non-hydrogen) atoms. The summed E-state index contributed by atoms with van der Waals surface area (Å²) >= 11 is 0. The molecule has 4 nitrogen and oxygen atoms in total. The molecule has 1 aromatic rings. The molecule has 1 aromatic carbocycles. The Morgan fingerprint density at radius 3 is 2.61 bits per heavy atom. The van der Waals surface area contributed by atoms with E-state index >= 15 is 0 Å². The molecule has 1 saturated heterocycles. The van der Waals surface area contributed by atoms with Crippen molar-refractivity contribution in [1.29, 1.82) is 0 Å². The van der Waals surface area contributed by atoms with Crippen LogP contribution in [0.25, 0.3) is 0 Å². The molecule has 0 saturated carbocycles. The summed E-state index contributed by atoms with van der Waals surface area (Å²) in [5, 5.41) is 3.38. The number of rotatable bonds is 2. The van der Waals surface area contributed by atoms with Crippen molar-refractivity contribution < 1.29 is 9.47 Å². The van der Waals surface area contributed by atoms with Crippen molar-refractivity contribution in [2.24, 2.45) is 0 Å². The Hall–Kier alpha value is -1.26. The van der Waals surface area contributed by atoms with Crippen LogP contribution in [0, 0.1) is 0 Å². The highest BCUT2D eigenvalue weighted by Gasteiger charge is 2.20. The first-order chi connectivity index (χ1) is 8.84. The summed E-state index contributed by atoms with van der Waals surface area (Å²) < 4.78 is 11.2. The zero-order chi connectivity index (χ0) is 12.4. The monoisotopic (exact) mass is 248 g/mol. The van der Waals surface area contributed by atoms with Gasteiger partial charge in [-0.25, -0.2) is 0 Å². The summed E-state index contributed by atoms with van der Waals surface area (Å²) in [6.45, 7) is 7.93. The quantitative estimate of drug-likeness (QED) is 0.858. The standard InChI is InChI=1S/C14H20N2O2/c1-11(16-6-4-15-5-7-16)12-2-3-13-14(10-12)18-9-8-17-13/h2-3,10-11,15H,4-9H2,1H3/t11-/m1/s1. The molecule has 4 heteroatoms. The van der Waals surface area contributed by atoms with Crippen LogP contribution in [-0.2, 0) is 0 Å². The third-order valence-electron chi connectivity index (χ3n) is 3.75. The maximum atomic E-state index is 5.65. The smallest absolute Gasteiger partial charge is 0.161 e. The summed E-state index contributed by atoms with van der Waals surface area (Å²) in [7, 11) is 0. The Morgan fingerprint density at radius 1 is 1.11 bits per heavy atom. The molecule has 0 unspecified atom stereocenters. The molecule has 0 radical (unpaired) electrons. The van der Waals surface area contributed by atoms with Crippen LogP contribution in [-0.4, -0.2) is 44.3 Å². The van der Waals surface area contributed by atoms with E-state index in [1.54, 1.807) is 0 Å². The summed E-state index contributed by atoms with van der Waals surface area (Å²) in [5.74, 6) is 1.76. The van der Waals surface area contributed by atoms with E-state index in [-0.39, 0.29) is 0 Å². The van der Waals surface area contributed by atoms with E-state index in [0.29, 0.717) is 19.3 Å². The maximum Gasteiger partial charge on any atom is 0.161 e. The highest BCUT2D eigenvalue weighted by atomic mass is 16.6. The van der Waals surface area contributed by atoms with Crippen molar-refractivity contribution in [3.63, 3.8) is 0 Å². The van der Waals surface area contributed by atoms with Gasteiger partial charge < -0.3 is 14.8 Å². The second-order valence-electron chi connectivity index (χ2n) is 4.87. The maximum absolute atomic E-state index is 5.65. The van der Waals surface area contributed by atoms with Crippen LogP contribution >= 0.6 is 0 Å². The molecule has 0 aliphatic carbocycles. The minimum Gasteiger partial charge on any atom is -0.486 e. The molecule has 2 heterocycles.